The molecule has 3 N–H and O–H groups in total. The molecule has 3 amide bonds. The Morgan fingerprint density at radius 3 is 1.86 bits per heavy atom. The van der Waals surface area contributed by atoms with Gasteiger partial charge in [0.15, 0.2) is 0 Å². The van der Waals surface area contributed by atoms with Gasteiger partial charge in [0.2, 0.25) is 17.7 Å². The maximum atomic E-state index is 13.5. The molecular weight excluding hydrogens is 558 g/mol. The average Bonchev–Trinajstić information content (AvgIpc) is 3.58. The van der Waals surface area contributed by atoms with E-state index >= 15 is 0 Å². The summed E-state index contributed by atoms with van der Waals surface area (Å²) >= 11 is 0. The fourth-order valence-electron chi connectivity index (χ4n) is 5.28. The summed E-state index contributed by atoms with van der Waals surface area (Å²) < 4.78 is 5.68. The first-order valence-electron chi connectivity index (χ1n) is 15.3. The fraction of sp³-hybridized carbons (Fsp3) is 0.429. The van der Waals surface area contributed by atoms with E-state index in [1.807, 2.05) is 60.7 Å². The van der Waals surface area contributed by atoms with Crippen molar-refractivity contribution in [3.8, 4) is 0 Å². The third-order valence-electron chi connectivity index (χ3n) is 7.69. The van der Waals surface area contributed by atoms with E-state index in [1.165, 1.54) is 6.08 Å². The summed E-state index contributed by atoms with van der Waals surface area (Å²) in [6.07, 6.45) is 6.20. The number of nitrogens with zero attached hydrogens (tertiary/aromatic N) is 1. The number of likely N-dealkylation sites (tertiary alicyclic amines) is 1. The zero-order chi connectivity index (χ0) is 31.7. The lowest BCUT2D eigenvalue weighted by molar-refractivity contribution is -0.152. The number of aliphatic hydroxyl groups is 1. The van der Waals surface area contributed by atoms with Crippen molar-refractivity contribution < 1.29 is 29.0 Å². The van der Waals surface area contributed by atoms with Gasteiger partial charge in [-0.05, 0) is 49.7 Å². The summed E-state index contributed by atoms with van der Waals surface area (Å²) in [7, 11) is 0. The van der Waals surface area contributed by atoms with E-state index in [0.717, 1.165) is 24.0 Å². The van der Waals surface area contributed by atoms with Gasteiger partial charge in [-0.3, -0.25) is 19.2 Å². The predicted molar refractivity (Wildman–Crippen MR) is 169 cm³/mol. The molecule has 0 spiro atoms. The smallest absolute Gasteiger partial charge is 0.309 e. The molecule has 0 aromatic heterocycles. The Balaban J connectivity index is 1.67. The molecule has 9 nitrogen and oxygen atoms in total. The molecule has 0 aliphatic carbocycles. The van der Waals surface area contributed by atoms with Crippen LogP contribution in [0.3, 0.4) is 0 Å². The number of amides is 3. The van der Waals surface area contributed by atoms with E-state index in [1.54, 1.807) is 11.0 Å². The summed E-state index contributed by atoms with van der Waals surface area (Å²) in [4.78, 5) is 54.4. The number of aliphatic hydroxyl groups excluding tert-OH is 1. The van der Waals surface area contributed by atoms with E-state index in [-0.39, 0.29) is 32.0 Å². The van der Waals surface area contributed by atoms with E-state index in [0.29, 0.717) is 32.4 Å². The average molecular weight is 604 g/mol. The SMILES string of the molecule is C=CCC(C(=O)N[C@H](COC(=O)[C@@H](CC=C)CC(=O)N1CCCC1)Cc1ccccc1)C(=O)N[C@@H](CO)Cc1ccccc1. The van der Waals surface area contributed by atoms with Crippen LogP contribution >= 0.6 is 0 Å². The Bertz CT molecular complexity index is 1230. The molecule has 2 aromatic carbocycles. The van der Waals surface area contributed by atoms with Gasteiger partial charge in [-0.25, -0.2) is 0 Å². The van der Waals surface area contributed by atoms with Gasteiger partial charge in [0.05, 0.1) is 24.6 Å². The van der Waals surface area contributed by atoms with E-state index < -0.39 is 41.7 Å². The Morgan fingerprint density at radius 1 is 0.818 bits per heavy atom. The molecule has 1 aliphatic heterocycles. The standard InChI is InChI=1S/C35H45N3O6/c1-3-13-28(23-32(40)38-19-11-12-20-38)35(43)44-25-30(22-27-17-9-6-10-18-27)37-34(42)31(14-4-2)33(41)36-29(24-39)21-26-15-7-5-8-16-26/h3-10,15-18,28-31,39H,1-2,11-14,19-25H2,(H,36,41)(H,37,42)/t28-,29+,30-,31?/m0/s1. The summed E-state index contributed by atoms with van der Waals surface area (Å²) in [5.41, 5.74) is 1.85. The number of rotatable bonds is 18. The molecule has 0 radical (unpaired) electrons. The van der Waals surface area contributed by atoms with E-state index in [4.69, 9.17) is 4.74 Å². The van der Waals surface area contributed by atoms with Crippen LogP contribution in [0, 0.1) is 11.8 Å². The number of ether oxygens (including phenoxy) is 1. The van der Waals surface area contributed by atoms with Crippen molar-refractivity contribution in [2.45, 2.75) is 57.0 Å². The first-order chi connectivity index (χ1) is 21.3. The van der Waals surface area contributed by atoms with Crippen LogP contribution in [-0.4, -0.2) is 72.1 Å². The van der Waals surface area contributed by atoms with Crippen LogP contribution in [0.4, 0.5) is 0 Å². The van der Waals surface area contributed by atoms with Gasteiger partial charge in [-0.2, -0.15) is 0 Å². The number of carbonyl (C=O) groups is 4. The zero-order valence-electron chi connectivity index (χ0n) is 25.4. The van der Waals surface area contributed by atoms with Crippen molar-refractivity contribution in [3.05, 3.63) is 97.1 Å². The quantitative estimate of drug-likeness (QED) is 0.136. The lowest BCUT2D eigenvalue weighted by Crippen LogP contribution is -2.50. The zero-order valence-corrected chi connectivity index (χ0v) is 25.4. The van der Waals surface area contributed by atoms with Gasteiger partial charge in [0, 0.05) is 19.5 Å². The second-order valence-corrected chi connectivity index (χ2v) is 11.2. The first-order valence-corrected chi connectivity index (χ1v) is 15.3. The minimum atomic E-state index is -1.10. The van der Waals surface area contributed by atoms with Crippen LogP contribution in [0.2, 0.25) is 0 Å². The van der Waals surface area contributed by atoms with Crippen LogP contribution in [-0.2, 0) is 36.8 Å². The van der Waals surface area contributed by atoms with Gasteiger partial charge >= 0.3 is 5.97 Å². The second kappa shape index (κ2) is 18.4. The molecule has 0 bridgehead atoms. The summed E-state index contributed by atoms with van der Waals surface area (Å²) in [6, 6.07) is 17.7. The van der Waals surface area contributed by atoms with Gasteiger partial charge in [-0.1, -0.05) is 72.8 Å². The molecule has 1 saturated heterocycles. The van der Waals surface area contributed by atoms with Crippen molar-refractivity contribution in [3.63, 3.8) is 0 Å². The molecular formula is C35H45N3O6. The van der Waals surface area contributed by atoms with Crippen molar-refractivity contribution >= 4 is 23.7 Å². The molecule has 236 valence electrons. The van der Waals surface area contributed by atoms with Gasteiger partial charge in [-0.15, -0.1) is 13.2 Å². The number of carbonyl (C=O) groups excluding carboxylic acids is 4. The maximum absolute atomic E-state index is 13.5. The molecule has 3 rings (SSSR count). The van der Waals surface area contributed by atoms with Crippen LogP contribution in [0.15, 0.2) is 86.0 Å². The molecule has 0 saturated carbocycles. The normalized spacial score (nSPS) is 15.3. The minimum absolute atomic E-state index is 0.0388. The Hall–Kier alpha value is -4.24. The van der Waals surface area contributed by atoms with Gasteiger partial charge in [0.25, 0.3) is 0 Å². The second-order valence-electron chi connectivity index (χ2n) is 11.2. The molecule has 1 fully saturated rings. The molecule has 2 aromatic rings. The highest BCUT2D eigenvalue weighted by Gasteiger charge is 2.31. The van der Waals surface area contributed by atoms with Crippen LogP contribution in [0.25, 0.3) is 0 Å². The molecule has 1 aliphatic rings. The predicted octanol–water partition coefficient (Wildman–Crippen LogP) is 3.37. The van der Waals surface area contributed by atoms with Crippen LogP contribution < -0.4 is 10.6 Å². The fourth-order valence-corrected chi connectivity index (χ4v) is 5.28. The number of hydrogen-bond donors (Lipinski definition) is 3. The van der Waals surface area contributed by atoms with E-state index in [9.17, 15) is 24.3 Å². The Morgan fingerprint density at radius 2 is 1.34 bits per heavy atom. The highest BCUT2D eigenvalue weighted by atomic mass is 16.5. The summed E-state index contributed by atoms with van der Waals surface area (Å²) in [6.45, 7) is 8.41. The lowest BCUT2D eigenvalue weighted by Gasteiger charge is -2.25. The molecule has 9 heteroatoms. The number of esters is 1. The number of nitrogens with one attached hydrogen (secondary N) is 2. The van der Waals surface area contributed by atoms with Crippen LogP contribution in [0.5, 0.6) is 0 Å². The number of hydrogen-bond acceptors (Lipinski definition) is 6. The molecule has 4 atom stereocenters. The lowest BCUT2D eigenvalue weighted by atomic mass is 9.99. The van der Waals surface area contributed by atoms with E-state index in [2.05, 4.69) is 23.8 Å². The minimum Gasteiger partial charge on any atom is -0.463 e. The summed E-state index contributed by atoms with van der Waals surface area (Å²) in [5, 5.41) is 15.6. The van der Waals surface area contributed by atoms with Crippen molar-refractivity contribution in [1.29, 1.82) is 0 Å². The highest BCUT2D eigenvalue weighted by molar-refractivity contribution is 6.00. The first kappa shape index (κ1) is 34.3. The van der Waals surface area contributed by atoms with Crippen molar-refractivity contribution in [1.82, 2.24) is 15.5 Å². The maximum Gasteiger partial charge on any atom is 0.309 e. The number of allylic oxidation sites excluding steroid dienone is 2. The third-order valence-corrected chi connectivity index (χ3v) is 7.69. The highest BCUT2D eigenvalue weighted by Crippen LogP contribution is 2.18. The molecule has 44 heavy (non-hydrogen) atoms. The van der Waals surface area contributed by atoms with Crippen LogP contribution in [0.1, 0.15) is 43.2 Å². The van der Waals surface area contributed by atoms with Crippen molar-refractivity contribution in [2.24, 2.45) is 11.8 Å². The van der Waals surface area contributed by atoms with Gasteiger partial charge in [0.1, 0.15) is 12.5 Å². The Labute approximate surface area is 260 Å². The monoisotopic (exact) mass is 603 g/mol. The molecule has 1 unspecified atom stereocenters. The number of benzene rings is 2. The summed E-state index contributed by atoms with van der Waals surface area (Å²) in [5.74, 6) is -3.45. The van der Waals surface area contributed by atoms with Crippen molar-refractivity contribution in [2.75, 3.05) is 26.3 Å². The Kier molecular flexibility index (Phi) is 14.3. The largest absolute Gasteiger partial charge is 0.463 e. The topological polar surface area (TPSA) is 125 Å². The molecule has 1 heterocycles. The van der Waals surface area contributed by atoms with Gasteiger partial charge < -0.3 is 25.4 Å². The third kappa shape index (κ3) is 11.1.